The first kappa shape index (κ1) is 13.4. The van der Waals surface area contributed by atoms with Gasteiger partial charge >= 0.3 is 0 Å². The van der Waals surface area contributed by atoms with Gasteiger partial charge < -0.3 is 14.6 Å². The fourth-order valence-electron chi connectivity index (χ4n) is 1.21. The normalized spacial score (nSPS) is 11.8. The number of aromatic nitrogens is 2. The van der Waals surface area contributed by atoms with E-state index in [1.807, 2.05) is 24.2 Å². The number of imidazole rings is 1. The smallest absolute Gasteiger partial charge is 0.202 e. The predicted octanol–water partition coefficient (Wildman–Crippen LogP) is 2.08. The molecule has 92 valence electrons. The molecule has 0 aliphatic heterocycles. The highest BCUT2D eigenvalue weighted by Crippen LogP contribution is 2.21. The van der Waals surface area contributed by atoms with Crippen molar-refractivity contribution < 1.29 is 4.74 Å². The van der Waals surface area contributed by atoms with Gasteiger partial charge in [0.25, 0.3) is 0 Å². The molecular weight excluding hydrogens is 222 g/mol. The van der Waals surface area contributed by atoms with Crippen molar-refractivity contribution in [1.82, 2.24) is 9.55 Å². The van der Waals surface area contributed by atoms with Crippen LogP contribution in [0.15, 0.2) is 12.4 Å². The molecule has 0 aliphatic rings. The maximum atomic E-state index is 5.06. The minimum absolute atomic E-state index is 0.220. The van der Waals surface area contributed by atoms with Crippen LogP contribution in [0.25, 0.3) is 0 Å². The summed E-state index contributed by atoms with van der Waals surface area (Å²) in [4.78, 5) is 4.29. The number of hydrogen-bond acceptors (Lipinski definition) is 4. The van der Waals surface area contributed by atoms with Gasteiger partial charge in [-0.15, -0.1) is 0 Å². The van der Waals surface area contributed by atoms with E-state index in [1.54, 1.807) is 7.11 Å². The Balaban J connectivity index is 2.50. The van der Waals surface area contributed by atoms with Gasteiger partial charge in [0.1, 0.15) is 0 Å². The number of anilines is 1. The zero-order valence-electron chi connectivity index (χ0n) is 10.5. The van der Waals surface area contributed by atoms with Crippen molar-refractivity contribution in [3.8, 4) is 0 Å². The molecule has 0 atom stereocenters. The van der Waals surface area contributed by atoms with Crippen LogP contribution < -0.4 is 5.32 Å². The van der Waals surface area contributed by atoms with Crippen molar-refractivity contribution >= 4 is 17.7 Å². The second-order valence-corrected chi connectivity index (χ2v) is 5.77. The summed E-state index contributed by atoms with van der Waals surface area (Å²) in [6.07, 6.45) is 5.90. The number of nitrogens with zero attached hydrogens (tertiary/aromatic N) is 2. The second kappa shape index (κ2) is 6.15. The Hall–Kier alpha value is -0.680. The van der Waals surface area contributed by atoms with Gasteiger partial charge in [0.05, 0.1) is 6.61 Å². The van der Waals surface area contributed by atoms with Crippen LogP contribution >= 0.6 is 11.8 Å². The molecule has 16 heavy (non-hydrogen) atoms. The van der Waals surface area contributed by atoms with Crippen LogP contribution in [-0.4, -0.2) is 40.8 Å². The number of ether oxygens (including phenoxy) is 1. The Morgan fingerprint density at radius 3 is 2.94 bits per heavy atom. The first-order valence-corrected chi connectivity index (χ1v) is 6.60. The van der Waals surface area contributed by atoms with Crippen LogP contribution in [-0.2, 0) is 11.3 Å². The number of nitrogens with one attached hydrogen (secondary N) is 1. The fourth-order valence-corrected chi connectivity index (χ4v) is 1.43. The predicted molar refractivity (Wildman–Crippen MR) is 70.2 cm³/mol. The first-order valence-electron chi connectivity index (χ1n) is 5.38. The highest BCUT2D eigenvalue weighted by atomic mass is 32.2. The zero-order chi connectivity index (χ0) is 12.0. The van der Waals surface area contributed by atoms with Crippen LogP contribution in [0.3, 0.4) is 0 Å². The monoisotopic (exact) mass is 243 g/mol. The molecule has 0 bridgehead atoms. The third-order valence-electron chi connectivity index (χ3n) is 2.48. The van der Waals surface area contributed by atoms with Crippen molar-refractivity contribution in [2.45, 2.75) is 25.1 Å². The number of rotatable bonds is 7. The summed E-state index contributed by atoms with van der Waals surface area (Å²) >= 11 is 1.85. The van der Waals surface area contributed by atoms with Crippen LogP contribution in [0.4, 0.5) is 5.95 Å². The molecule has 0 spiro atoms. The van der Waals surface area contributed by atoms with E-state index in [1.165, 1.54) is 0 Å². The van der Waals surface area contributed by atoms with E-state index in [9.17, 15) is 0 Å². The Morgan fingerprint density at radius 2 is 2.31 bits per heavy atom. The average molecular weight is 243 g/mol. The lowest BCUT2D eigenvalue weighted by atomic mass is 10.2. The maximum Gasteiger partial charge on any atom is 0.202 e. The van der Waals surface area contributed by atoms with E-state index >= 15 is 0 Å². The van der Waals surface area contributed by atoms with Crippen molar-refractivity contribution in [3.05, 3.63) is 12.4 Å². The molecule has 1 aromatic rings. The Bertz CT molecular complexity index is 312. The molecule has 0 amide bonds. The Morgan fingerprint density at radius 1 is 1.56 bits per heavy atom. The van der Waals surface area contributed by atoms with E-state index in [2.05, 4.69) is 35.0 Å². The molecule has 4 nitrogen and oxygen atoms in total. The molecule has 0 saturated carbocycles. The number of methoxy groups -OCH3 is 1. The molecule has 0 unspecified atom stereocenters. The Kier molecular flexibility index (Phi) is 5.15. The van der Waals surface area contributed by atoms with Crippen molar-refractivity contribution in [1.29, 1.82) is 0 Å². The number of hydrogen-bond donors (Lipinski definition) is 1. The lowest BCUT2D eigenvalue weighted by Crippen LogP contribution is -2.27. The van der Waals surface area contributed by atoms with Gasteiger partial charge in [-0.3, -0.25) is 0 Å². The molecule has 1 N–H and O–H groups in total. The third-order valence-corrected chi connectivity index (χ3v) is 3.73. The van der Waals surface area contributed by atoms with E-state index in [0.29, 0.717) is 6.61 Å². The molecule has 5 heteroatoms. The summed E-state index contributed by atoms with van der Waals surface area (Å²) in [5.41, 5.74) is 0. The van der Waals surface area contributed by atoms with Crippen LogP contribution in [0.1, 0.15) is 13.8 Å². The highest BCUT2D eigenvalue weighted by molar-refractivity contribution is 7.99. The SMILES string of the molecule is COCCn1ccnc1NCC(C)(C)SC. The van der Waals surface area contributed by atoms with E-state index < -0.39 is 0 Å². The Labute approximate surface area is 102 Å². The summed E-state index contributed by atoms with van der Waals surface area (Å²) in [5, 5.41) is 3.37. The van der Waals surface area contributed by atoms with Crippen molar-refractivity contribution in [2.24, 2.45) is 0 Å². The summed E-state index contributed by atoms with van der Waals surface area (Å²) < 4.78 is 7.35. The quantitative estimate of drug-likeness (QED) is 0.796. The van der Waals surface area contributed by atoms with Gasteiger partial charge in [-0.2, -0.15) is 11.8 Å². The largest absolute Gasteiger partial charge is 0.383 e. The molecule has 1 aromatic heterocycles. The van der Waals surface area contributed by atoms with Gasteiger partial charge in [-0.25, -0.2) is 4.98 Å². The van der Waals surface area contributed by atoms with Gasteiger partial charge in [0.2, 0.25) is 5.95 Å². The van der Waals surface area contributed by atoms with Gasteiger partial charge in [-0.1, -0.05) is 0 Å². The lowest BCUT2D eigenvalue weighted by Gasteiger charge is -2.22. The third kappa shape index (κ3) is 4.06. The maximum absolute atomic E-state index is 5.06. The van der Waals surface area contributed by atoms with Crippen LogP contribution in [0, 0.1) is 0 Å². The van der Waals surface area contributed by atoms with Crippen molar-refractivity contribution in [2.75, 3.05) is 31.8 Å². The molecular formula is C11H21N3OS. The van der Waals surface area contributed by atoms with E-state index in [-0.39, 0.29) is 4.75 Å². The summed E-state index contributed by atoms with van der Waals surface area (Å²) in [5.74, 6) is 0.916. The summed E-state index contributed by atoms with van der Waals surface area (Å²) in [6, 6.07) is 0. The topological polar surface area (TPSA) is 39.1 Å². The standard InChI is InChI=1S/C11H21N3OS/c1-11(2,16-4)9-13-10-12-5-6-14(10)7-8-15-3/h5-6H,7-9H2,1-4H3,(H,12,13). The van der Waals surface area contributed by atoms with Crippen molar-refractivity contribution in [3.63, 3.8) is 0 Å². The molecule has 0 fully saturated rings. The highest BCUT2D eigenvalue weighted by Gasteiger charge is 2.16. The molecule has 1 heterocycles. The molecule has 0 saturated heterocycles. The summed E-state index contributed by atoms with van der Waals surface area (Å²) in [6.45, 7) is 6.87. The zero-order valence-corrected chi connectivity index (χ0v) is 11.3. The molecule has 0 aliphatic carbocycles. The van der Waals surface area contributed by atoms with Crippen LogP contribution in [0.2, 0.25) is 0 Å². The fraction of sp³-hybridized carbons (Fsp3) is 0.727. The molecule has 1 rings (SSSR count). The summed E-state index contributed by atoms with van der Waals surface area (Å²) in [7, 11) is 1.71. The minimum Gasteiger partial charge on any atom is -0.383 e. The second-order valence-electron chi connectivity index (χ2n) is 4.25. The number of thioether (sulfide) groups is 1. The van der Waals surface area contributed by atoms with E-state index in [4.69, 9.17) is 4.74 Å². The average Bonchev–Trinajstić information content (AvgIpc) is 2.71. The minimum atomic E-state index is 0.220. The first-order chi connectivity index (χ1) is 7.59. The lowest BCUT2D eigenvalue weighted by molar-refractivity contribution is 0.187. The molecule has 0 radical (unpaired) electrons. The van der Waals surface area contributed by atoms with E-state index in [0.717, 1.165) is 19.0 Å². The van der Waals surface area contributed by atoms with Gasteiger partial charge in [0.15, 0.2) is 0 Å². The van der Waals surface area contributed by atoms with Crippen LogP contribution in [0.5, 0.6) is 0 Å². The van der Waals surface area contributed by atoms with Gasteiger partial charge in [-0.05, 0) is 20.1 Å². The van der Waals surface area contributed by atoms with Gasteiger partial charge in [0, 0.05) is 37.3 Å². The molecule has 0 aromatic carbocycles.